The maximum Gasteiger partial charge on any atom is 0.260 e. The quantitative estimate of drug-likeness (QED) is 0.125. The van der Waals surface area contributed by atoms with E-state index >= 15 is 4.39 Å². The van der Waals surface area contributed by atoms with Gasteiger partial charge in [-0.1, -0.05) is 32.6 Å². The molecule has 0 aliphatic rings. The van der Waals surface area contributed by atoms with Crippen molar-refractivity contribution in [3.05, 3.63) is 83.1 Å². The minimum Gasteiger partial charge on any atom is -0.497 e. The molecule has 0 unspecified atom stereocenters. The Bertz CT molecular complexity index is 1700. The number of aryl methyl sites for hydroxylation is 2. The number of benzene rings is 2. The second-order valence-corrected chi connectivity index (χ2v) is 10.5. The first kappa shape index (κ1) is 33.1. The van der Waals surface area contributed by atoms with Crippen LogP contribution in [0.4, 0.5) is 16.0 Å². The zero-order valence-corrected chi connectivity index (χ0v) is 26.4. The van der Waals surface area contributed by atoms with Crippen LogP contribution in [-0.4, -0.2) is 65.7 Å². The molecule has 0 atom stereocenters. The molecule has 2 N–H and O–H groups in total. The first-order valence-corrected chi connectivity index (χ1v) is 15.1. The average molecular weight is 617 g/mol. The Hall–Kier alpha value is -4.77. The number of amides is 1. The van der Waals surface area contributed by atoms with Crippen molar-refractivity contribution in [1.82, 2.24) is 19.4 Å². The number of methoxy groups -OCH3 is 2. The number of aromatic nitrogens is 3. The molecule has 11 heteroatoms. The standard InChI is InChI=1S/C34H41FN6O4/c1-6-30(42)38-25-13-11-12-23(18-25)14-17-41-32-24(22-37-34(39-32)36-15-9-10-16-40(7-2)8-3)19-28(33(41)43)27-20-26(44-4)21-29(45-5)31(27)35/h6,11-13,18-22H,1,7-10,14-17H2,2-5H3,(H,38,42)(H,36,37,39). The van der Waals surface area contributed by atoms with E-state index in [-0.39, 0.29) is 29.3 Å². The molecule has 0 bridgehead atoms. The Morgan fingerprint density at radius 2 is 1.89 bits per heavy atom. The third-order valence-corrected chi connectivity index (χ3v) is 7.67. The predicted molar refractivity (Wildman–Crippen MR) is 177 cm³/mol. The van der Waals surface area contributed by atoms with Gasteiger partial charge in [0.25, 0.3) is 5.56 Å². The van der Waals surface area contributed by atoms with Crippen molar-refractivity contribution in [2.45, 2.75) is 39.7 Å². The summed E-state index contributed by atoms with van der Waals surface area (Å²) >= 11 is 0. The number of hydrogen-bond donors (Lipinski definition) is 2. The third-order valence-electron chi connectivity index (χ3n) is 7.67. The molecule has 2 aromatic carbocycles. The lowest BCUT2D eigenvalue weighted by Gasteiger charge is -2.17. The van der Waals surface area contributed by atoms with Gasteiger partial charge in [-0.3, -0.25) is 14.2 Å². The summed E-state index contributed by atoms with van der Waals surface area (Å²) in [5.74, 6) is -0.261. The van der Waals surface area contributed by atoms with Crippen molar-refractivity contribution in [3.8, 4) is 22.6 Å². The maximum absolute atomic E-state index is 15.6. The van der Waals surface area contributed by atoms with Crippen molar-refractivity contribution in [2.24, 2.45) is 0 Å². The van der Waals surface area contributed by atoms with Gasteiger partial charge in [-0.25, -0.2) is 9.37 Å². The van der Waals surface area contributed by atoms with E-state index in [1.807, 2.05) is 18.2 Å². The summed E-state index contributed by atoms with van der Waals surface area (Å²) in [5, 5.41) is 6.62. The Morgan fingerprint density at radius 1 is 1.09 bits per heavy atom. The summed E-state index contributed by atoms with van der Waals surface area (Å²) in [6.45, 7) is 11.8. The molecule has 238 valence electrons. The van der Waals surface area contributed by atoms with E-state index in [4.69, 9.17) is 14.5 Å². The molecule has 0 fully saturated rings. The van der Waals surface area contributed by atoms with E-state index in [0.717, 1.165) is 38.0 Å². The first-order chi connectivity index (χ1) is 21.8. The molecule has 0 saturated heterocycles. The number of nitrogens with zero attached hydrogens (tertiary/aromatic N) is 4. The number of nitrogens with one attached hydrogen (secondary N) is 2. The molecule has 0 radical (unpaired) electrons. The van der Waals surface area contributed by atoms with Crippen LogP contribution < -0.4 is 25.7 Å². The lowest BCUT2D eigenvalue weighted by Crippen LogP contribution is -2.25. The Kier molecular flexibility index (Phi) is 11.6. The number of pyridine rings is 1. The molecule has 0 aliphatic heterocycles. The largest absolute Gasteiger partial charge is 0.497 e. The average Bonchev–Trinajstić information content (AvgIpc) is 3.06. The van der Waals surface area contributed by atoms with E-state index in [0.29, 0.717) is 41.4 Å². The van der Waals surface area contributed by atoms with Crippen LogP contribution in [0.25, 0.3) is 22.2 Å². The van der Waals surface area contributed by atoms with Crippen LogP contribution in [-0.2, 0) is 17.8 Å². The van der Waals surface area contributed by atoms with Crippen LogP contribution in [0.2, 0.25) is 0 Å². The number of carbonyl (C=O) groups is 1. The molecule has 1 amide bonds. The molecule has 0 saturated carbocycles. The summed E-state index contributed by atoms with van der Waals surface area (Å²) in [5.41, 5.74) is 1.69. The van der Waals surface area contributed by atoms with E-state index < -0.39 is 11.4 Å². The number of ether oxygens (including phenoxy) is 2. The number of unbranched alkanes of at least 4 members (excludes halogenated alkanes) is 1. The fourth-order valence-corrected chi connectivity index (χ4v) is 5.12. The lowest BCUT2D eigenvalue weighted by atomic mass is 10.0. The summed E-state index contributed by atoms with van der Waals surface area (Å²) in [4.78, 5) is 37.5. The molecule has 4 rings (SSSR count). The minimum absolute atomic E-state index is 0.0365. The fraction of sp³-hybridized carbons (Fsp3) is 0.353. The highest BCUT2D eigenvalue weighted by Gasteiger charge is 2.20. The molecular weight excluding hydrogens is 575 g/mol. The number of rotatable bonds is 16. The van der Waals surface area contributed by atoms with Crippen molar-refractivity contribution in [1.29, 1.82) is 0 Å². The number of hydrogen-bond acceptors (Lipinski definition) is 8. The van der Waals surface area contributed by atoms with Gasteiger partial charge in [0.2, 0.25) is 11.9 Å². The molecule has 0 spiro atoms. The third kappa shape index (κ3) is 8.24. The van der Waals surface area contributed by atoms with Gasteiger partial charge >= 0.3 is 0 Å². The van der Waals surface area contributed by atoms with Gasteiger partial charge in [0.1, 0.15) is 11.4 Å². The Balaban J connectivity index is 1.71. The van der Waals surface area contributed by atoms with Crippen LogP contribution in [0.3, 0.4) is 0 Å². The highest BCUT2D eigenvalue weighted by atomic mass is 19.1. The molecule has 0 aliphatic carbocycles. The maximum atomic E-state index is 15.6. The van der Waals surface area contributed by atoms with E-state index in [2.05, 4.69) is 40.9 Å². The van der Waals surface area contributed by atoms with Crippen LogP contribution in [0.1, 0.15) is 32.3 Å². The van der Waals surface area contributed by atoms with E-state index in [9.17, 15) is 9.59 Å². The number of carbonyl (C=O) groups excluding carboxylic acids is 1. The highest BCUT2D eigenvalue weighted by molar-refractivity contribution is 5.98. The SMILES string of the molecule is C=CC(=O)Nc1cccc(CCn2c(=O)c(-c3cc(OC)cc(OC)c3F)cc3cnc(NCCCCN(CC)CC)nc32)c1. The summed E-state index contributed by atoms with van der Waals surface area (Å²) < 4.78 is 27.7. The number of anilines is 2. The van der Waals surface area contributed by atoms with Crippen LogP contribution in [0.5, 0.6) is 11.5 Å². The van der Waals surface area contributed by atoms with Crippen molar-refractivity contribution < 1.29 is 18.7 Å². The van der Waals surface area contributed by atoms with Gasteiger partial charge in [0.15, 0.2) is 11.6 Å². The van der Waals surface area contributed by atoms with Crippen molar-refractivity contribution in [3.63, 3.8) is 0 Å². The molecule has 2 heterocycles. The summed E-state index contributed by atoms with van der Waals surface area (Å²) in [6, 6.07) is 11.9. The van der Waals surface area contributed by atoms with Gasteiger partial charge in [-0.15, -0.1) is 0 Å². The highest BCUT2D eigenvalue weighted by Crippen LogP contribution is 2.33. The fourth-order valence-electron chi connectivity index (χ4n) is 5.12. The topological polar surface area (TPSA) is 111 Å². The van der Waals surface area contributed by atoms with Crippen molar-refractivity contribution in [2.75, 3.05) is 51.0 Å². The van der Waals surface area contributed by atoms with E-state index in [1.54, 1.807) is 18.3 Å². The molecule has 45 heavy (non-hydrogen) atoms. The molecule has 4 aromatic rings. The van der Waals surface area contributed by atoms with Crippen LogP contribution in [0.15, 0.2) is 66.1 Å². The van der Waals surface area contributed by atoms with Gasteiger partial charge < -0.3 is 25.0 Å². The number of fused-ring (bicyclic) bond motifs is 1. The molecule has 2 aromatic heterocycles. The second kappa shape index (κ2) is 15.8. The summed E-state index contributed by atoms with van der Waals surface area (Å²) in [7, 11) is 2.82. The summed E-state index contributed by atoms with van der Waals surface area (Å²) in [6.07, 6.45) is 5.27. The van der Waals surface area contributed by atoms with Gasteiger partial charge in [0.05, 0.1) is 19.8 Å². The Morgan fingerprint density at radius 3 is 2.60 bits per heavy atom. The van der Waals surface area contributed by atoms with Gasteiger partial charge in [0, 0.05) is 42.0 Å². The molecule has 10 nitrogen and oxygen atoms in total. The van der Waals surface area contributed by atoms with Crippen molar-refractivity contribution >= 4 is 28.6 Å². The Labute approximate surface area is 262 Å². The second-order valence-electron chi connectivity index (χ2n) is 10.5. The van der Waals surface area contributed by atoms with Gasteiger partial charge in [-0.05, 0) is 74.8 Å². The number of halogens is 1. The predicted octanol–water partition coefficient (Wildman–Crippen LogP) is 5.52. The minimum atomic E-state index is -0.670. The van der Waals surface area contributed by atoms with Gasteiger partial charge in [-0.2, -0.15) is 4.98 Å². The first-order valence-electron chi connectivity index (χ1n) is 15.1. The zero-order valence-electron chi connectivity index (χ0n) is 26.4. The molecular formula is C34H41FN6O4. The lowest BCUT2D eigenvalue weighted by molar-refractivity contribution is -0.111. The van der Waals surface area contributed by atoms with Crippen LogP contribution in [0, 0.1) is 5.82 Å². The monoisotopic (exact) mass is 616 g/mol. The van der Waals surface area contributed by atoms with E-state index in [1.165, 1.54) is 37.0 Å². The van der Waals surface area contributed by atoms with Crippen LogP contribution >= 0.6 is 0 Å². The normalized spacial score (nSPS) is 11.1. The smallest absolute Gasteiger partial charge is 0.260 e. The zero-order chi connectivity index (χ0) is 32.3.